The first-order chi connectivity index (χ1) is 15.2. The Morgan fingerprint density at radius 3 is 2.22 bits per heavy atom. The quantitative estimate of drug-likeness (QED) is 0.253. The Morgan fingerprint density at radius 2 is 1.66 bits per heavy atom. The number of thioether (sulfide) groups is 1. The normalized spacial score (nSPS) is 11.4. The minimum Gasteiger partial charge on any atom is -0.497 e. The molecular weight excluding hydrogens is 470 g/mol. The second-order valence-corrected chi connectivity index (χ2v) is 9.91. The van der Waals surface area contributed by atoms with Crippen molar-refractivity contribution in [2.75, 3.05) is 18.1 Å². The lowest BCUT2D eigenvalue weighted by atomic mass is 10.1. The van der Waals surface area contributed by atoms with Crippen LogP contribution in [0.3, 0.4) is 0 Å². The summed E-state index contributed by atoms with van der Waals surface area (Å²) in [5.41, 5.74) is 1.40. The molecule has 0 unspecified atom stereocenters. The van der Waals surface area contributed by atoms with Gasteiger partial charge >= 0.3 is 0 Å². The van der Waals surface area contributed by atoms with Gasteiger partial charge in [-0.05, 0) is 62.1 Å². The molecule has 0 radical (unpaired) electrons. The molecule has 32 heavy (non-hydrogen) atoms. The fraction of sp³-hybridized carbons (Fsp3) is 0.273. The van der Waals surface area contributed by atoms with Crippen molar-refractivity contribution in [1.82, 2.24) is 9.97 Å². The van der Waals surface area contributed by atoms with E-state index >= 15 is 0 Å². The molecule has 10 heteroatoms. The molecule has 0 aliphatic rings. The number of ether oxygens (including phenoxy) is 2. The summed E-state index contributed by atoms with van der Waals surface area (Å²) in [7, 11) is -2.38. The van der Waals surface area contributed by atoms with Crippen LogP contribution in [0.15, 0.2) is 58.6 Å². The van der Waals surface area contributed by atoms with Crippen molar-refractivity contribution in [3.8, 4) is 11.5 Å². The Bertz CT molecular complexity index is 1170. The van der Waals surface area contributed by atoms with Gasteiger partial charge in [0.05, 0.1) is 18.1 Å². The van der Waals surface area contributed by atoms with E-state index in [0.29, 0.717) is 22.9 Å². The lowest BCUT2D eigenvalue weighted by molar-refractivity contribution is 0.242. The van der Waals surface area contributed by atoms with E-state index in [0.717, 1.165) is 11.3 Å². The molecule has 0 amide bonds. The zero-order valence-corrected chi connectivity index (χ0v) is 20.5. The number of anilines is 1. The highest BCUT2D eigenvalue weighted by molar-refractivity contribution is 7.98. The number of halogens is 1. The molecule has 1 heterocycles. The molecule has 0 aliphatic carbocycles. The third-order valence-electron chi connectivity index (χ3n) is 4.40. The average molecular weight is 494 g/mol. The Morgan fingerprint density at radius 1 is 1.03 bits per heavy atom. The first kappa shape index (κ1) is 24.2. The molecule has 1 N–H and O–H groups in total. The third kappa shape index (κ3) is 6.05. The predicted octanol–water partition coefficient (Wildman–Crippen LogP) is 5.04. The van der Waals surface area contributed by atoms with Gasteiger partial charge in [-0.3, -0.25) is 4.72 Å². The molecule has 0 aliphatic heterocycles. The van der Waals surface area contributed by atoms with E-state index in [1.54, 1.807) is 18.4 Å². The molecular formula is C22H24ClN3O4S2. The number of nitrogens with zero attached hydrogens (tertiary/aromatic N) is 2. The molecule has 0 saturated heterocycles. The smallest absolute Gasteiger partial charge is 0.263 e. The van der Waals surface area contributed by atoms with Crippen molar-refractivity contribution in [2.24, 2.45) is 0 Å². The summed E-state index contributed by atoms with van der Waals surface area (Å²) in [4.78, 5) is 8.73. The van der Waals surface area contributed by atoms with Gasteiger partial charge in [-0.15, -0.1) is 0 Å². The standard InChI is InChI=1S/C22H24ClN3O4S2/c1-14(2)30-17-7-5-15(6-8-17)13-19-20(23)24-22(31-4)25-21(19)26-32(27,28)18-11-9-16(29-3)10-12-18/h5-12,14H,13H2,1-4H3,(H,24,25,26). The van der Waals surface area contributed by atoms with Crippen LogP contribution in [0.2, 0.25) is 5.15 Å². The first-order valence-corrected chi connectivity index (χ1v) is 12.8. The Kier molecular flexibility index (Phi) is 7.86. The Balaban J connectivity index is 1.93. The monoisotopic (exact) mass is 493 g/mol. The summed E-state index contributed by atoms with van der Waals surface area (Å²) < 4.78 is 39.3. The van der Waals surface area contributed by atoms with Crippen molar-refractivity contribution in [3.63, 3.8) is 0 Å². The van der Waals surface area contributed by atoms with Crippen molar-refractivity contribution >= 4 is 39.2 Å². The van der Waals surface area contributed by atoms with Gasteiger partial charge in [-0.2, -0.15) is 0 Å². The number of aromatic nitrogens is 2. The van der Waals surface area contributed by atoms with Gasteiger partial charge in [0.25, 0.3) is 10.0 Å². The van der Waals surface area contributed by atoms with Crippen LogP contribution >= 0.6 is 23.4 Å². The molecule has 170 valence electrons. The summed E-state index contributed by atoms with van der Waals surface area (Å²) in [6.07, 6.45) is 2.21. The van der Waals surface area contributed by atoms with E-state index in [2.05, 4.69) is 14.7 Å². The highest BCUT2D eigenvalue weighted by atomic mass is 35.5. The second kappa shape index (κ2) is 10.4. The number of methoxy groups -OCH3 is 1. The van der Waals surface area contributed by atoms with E-state index in [4.69, 9.17) is 21.1 Å². The van der Waals surface area contributed by atoms with Gasteiger partial charge in [0.2, 0.25) is 0 Å². The molecule has 0 bridgehead atoms. The first-order valence-electron chi connectivity index (χ1n) is 9.74. The molecule has 3 rings (SSSR count). The van der Waals surface area contributed by atoms with Gasteiger partial charge in [-0.1, -0.05) is 35.5 Å². The van der Waals surface area contributed by atoms with Crippen LogP contribution in [0.1, 0.15) is 25.0 Å². The van der Waals surface area contributed by atoms with Crippen LogP contribution in [0.4, 0.5) is 5.82 Å². The van der Waals surface area contributed by atoms with Crippen LogP contribution < -0.4 is 14.2 Å². The zero-order valence-electron chi connectivity index (χ0n) is 18.1. The maximum Gasteiger partial charge on any atom is 0.263 e. The highest BCUT2D eigenvalue weighted by Crippen LogP contribution is 2.29. The summed E-state index contributed by atoms with van der Waals surface area (Å²) in [6.45, 7) is 3.92. The molecule has 0 fully saturated rings. The van der Waals surface area contributed by atoms with Gasteiger partial charge in [-0.25, -0.2) is 18.4 Å². The second-order valence-electron chi connectivity index (χ2n) is 7.10. The van der Waals surface area contributed by atoms with Crippen LogP contribution in [-0.4, -0.2) is 37.9 Å². The van der Waals surface area contributed by atoms with E-state index in [-0.39, 0.29) is 22.0 Å². The SMILES string of the molecule is COc1ccc(S(=O)(=O)Nc2nc(SC)nc(Cl)c2Cc2ccc(OC(C)C)cc2)cc1. The van der Waals surface area contributed by atoms with Gasteiger partial charge in [0, 0.05) is 12.0 Å². The largest absolute Gasteiger partial charge is 0.497 e. The predicted molar refractivity (Wildman–Crippen MR) is 128 cm³/mol. The molecule has 7 nitrogen and oxygen atoms in total. The van der Waals surface area contributed by atoms with Crippen molar-refractivity contribution < 1.29 is 17.9 Å². The fourth-order valence-corrected chi connectivity index (χ4v) is 4.56. The number of hydrogen-bond acceptors (Lipinski definition) is 7. The third-order valence-corrected chi connectivity index (χ3v) is 6.61. The zero-order chi connectivity index (χ0) is 23.3. The van der Waals surface area contributed by atoms with Crippen molar-refractivity contribution in [1.29, 1.82) is 0 Å². The Labute approximate surface area is 197 Å². The molecule has 2 aromatic carbocycles. The lowest BCUT2D eigenvalue weighted by Gasteiger charge is -2.15. The maximum absolute atomic E-state index is 13.0. The van der Waals surface area contributed by atoms with Gasteiger partial charge in [0.1, 0.15) is 22.5 Å². The van der Waals surface area contributed by atoms with Crippen LogP contribution in [-0.2, 0) is 16.4 Å². The molecule has 0 saturated carbocycles. The summed E-state index contributed by atoms with van der Waals surface area (Å²) in [5, 5.41) is 0.561. The van der Waals surface area contributed by atoms with Gasteiger partial charge < -0.3 is 9.47 Å². The number of rotatable bonds is 9. The van der Waals surface area contributed by atoms with E-state index < -0.39 is 10.0 Å². The minimum atomic E-state index is -3.90. The molecule has 0 spiro atoms. The number of hydrogen-bond donors (Lipinski definition) is 1. The van der Waals surface area contributed by atoms with E-state index in [9.17, 15) is 8.42 Å². The minimum absolute atomic E-state index is 0.0711. The summed E-state index contributed by atoms with van der Waals surface area (Å²) in [5.74, 6) is 1.46. The van der Waals surface area contributed by atoms with E-state index in [1.807, 2.05) is 38.1 Å². The molecule has 1 aromatic heterocycles. The van der Waals surface area contributed by atoms with Crippen LogP contribution in [0, 0.1) is 0 Å². The maximum atomic E-state index is 13.0. The number of benzene rings is 2. The van der Waals surface area contributed by atoms with Crippen molar-refractivity contribution in [2.45, 2.75) is 36.4 Å². The van der Waals surface area contributed by atoms with Gasteiger partial charge in [0.15, 0.2) is 5.16 Å². The fourth-order valence-electron chi connectivity index (χ4n) is 2.87. The van der Waals surface area contributed by atoms with Crippen LogP contribution in [0.5, 0.6) is 11.5 Å². The molecule has 3 aromatic rings. The molecule has 0 atom stereocenters. The number of nitrogens with one attached hydrogen (secondary N) is 1. The number of sulfonamides is 1. The van der Waals surface area contributed by atoms with Crippen LogP contribution in [0.25, 0.3) is 0 Å². The van der Waals surface area contributed by atoms with E-state index in [1.165, 1.54) is 31.0 Å². The van der Waals surface area contributed by atoms with Crippen molar-refractivity contribution in [3.05, 3.63) is 64.8 Å². The summed E-state index contributed by atoms with van der Waals surface area (Å²) >= 11 is 7.71. The topological polar surface area (TPSA) is 90.4 Å². The lowest BCUT2D eigenvalue weighted by Crippen LogP contribution is -2.16. The summed E-state index contributed by atoms with van der Waals surface area (Å²) in [6, 6.07) is 13.6. The average Bonchev–Trinajstić information content (AvgIpc) is 2.76. The Hall–Kier alpha value is -2.49. The highest BCUT2D eigenvalue weighted by Gasteiger charge is 2.21.